The normalized spacial score (nSPS) is 14.2. The molecule has 0 aliphatic carbocycles. The number of nitrogens with zero attached hydrogens (tertiary/aromatic N) is 1. The molecule has 7 heteroatoms. The lowest BCUT2D eigenvalue weighted by atomic mass is 9.99. The Hall–Kier alpha value is -1.40. The molecule has 2 N–H and O–H groups in total. The van der Waals surface area contributed by atoms with E-state index in [1.807, 2.05) is 0 Å². The van der Waals surface area contributed by atoms with Crippen molar-refractivity contribution in [1.29, 1.82) is 0 Å². The van der Waals surface area contributed by atoms with Crippen LogP contribution in [0, 0.1) is 5.92 Å². The van der Waals surface area contributed by atoms with E-state index in [1.54, 1.807) is 13.8 Å². The second-order valence-electron chi connectivity index (χ2n) is 3.92. The predicted octanol–water partition coefficient (Wildman–Crippen LogP) is 1.39. The summed E-state index contributed by atoms with van der Waals surface area (Å²) in [6.07, 6.45) is -2.08. The monoisotopic (exact) mass is 252 g/mol. The van der Waals surface area contributed by atoms with Crippen molar-refractivity contribution in [2.75, 3.05) is 13.6 Å². The van der Waals surface area contributed by atoms with Crippen LogP contribution in [-0.2, 0) is 4.79 Å². The molecule has 0 rings (SSSR count). The van der Waals surface area contributed by atoms with E-state index in [9.17, 15) is 18.4 Å². The highest BCUT2D eigenvalue weighted by Gasteiger charge is 2.27. The Kier molecular flexibility index (Phi) is 6.45. The maximum Gasteiger partial charge on any atom is 0.326 e. The van der Waals surface area contributed by atoms with Gasteiger partial charge in [0.05, 0.1) is 6.54 Å². The van der Waals surface area contributed by atoms with Gasteiger partial charge in [0.2, 0.25) is 0 Å². The van der Waals surface area contributed by atoms with E-state index < -0.39 is 31.0 Å². The summed E-state index contributed by atoms with van der Waals surface area (Å²) in [5.41, 5.74) is 0. The first-order chi connectivity index (χ1) is 7.79. The number of carboxylic acid groups (broad SMARTS) is 1. The van der Waals surface area contributed by atoms with Crippen LogP contribution in [0.15, 0.2) is 0 Å². The number of nitrogens with one attached hydrogen (secondary N) is 1. The van der Waals surface area contributed by atoms with Crippen molar-refractivity contribution in [3.8, 4) is 0 Å². The van der Waals surface area contributed by atoms with Crippen molar-refractivity contribution in [3.63, 3.8) is 0 Å². The van der Waals surface area contributed by atoms with Crippen molar-refractivity contribution in [2.45, 2.75) is 32.7 Å². The standard InChI is InChI=1S/C10H18F2N2O3/c1-4-6(2)8(9(15)16)13-10(17)14(3)5-7(11)12/h6-8H,4-5H2,1-3H3,(H,13,17)(H,15,16). The summed E-state index contributed by atoms with van der Waals surface area (Å²) in [5.74, 6) is -1.44. The van der Waals surface area contributed by atoms with Crippen LogP contribution in [0.25, 0.3) is 0 Å². The summed E-state index contributed by atoms with van der Waals surface area (Å²) in [6, 6.07) is -1.87. The van der Waals surface area contributed by atoms with Crippen molar-refractivity contribution in [1.82, 2.24) is 10.2 Å². The average Bonchev–Trinajstić information content (AvgIpc) is 2.22. The number of carbonyl (C=O) groups excluding carboxylic acids is 1. The first-order valence-electron chi connectivity index (χ1n) is 5.32. The number of rotatable bonds is 6. The SMILES string of the molecule is CCC(C)C(NC(=O)N(C)CC(F)F)C(=O)O. The molecule has 0 heterocycles. The fourth-order valence-corrected chi connectivity index (χ4v) is 1.22. The van der Waals surface area contributed by atoms with Gasteiger partial charge in [0.25, 0.3) is 6.43 Å². The minimum Gasteiger partial charge on any atom is -0.480 e. The second kappa shape index (κ2) is 7.03. The summed E-state index contributed by atoms with van der Waals surface area (Å²) in [5, 5.41) is 11.1. The Morgan fingerprint density at radius 2 is 1.94 bits per heavy atom. The van der Waals surface area contributed by atoms with Gasteiger partial charge in [-0.3, -0.25) is 0 Å². The number of hydrogen-bond acceptors (Lipinski definition) is 2. The van der Waals surface area contributed by atoms with Crippen LogP contribution in [-0.4, -0.2) is 48.1 Å². The molecule has 0 aromatic carbocycles. The number of carboxylic acids is 1. The Morgan fingerprint density at radius 1 is 1.41 bits per heavy atom. The maximum absolute atomic E-state index is 12.0. The van der Waals surface area contributed by atoms with Crippen molar-refractivity contribution >= 4 is 12.0 Å². The summed E-state index contributed by atoms with van der Waals surface area (Å²) in [7, 11) is 1.19. The van der Waals surface area contributed by atoms with E-state index in [4.69, 9.17) is 5.11 Å². The topological polar surface area (TPSA) is 69.6 Å². The van der Waals surface area contributed by atoms with Gasteiger partial charge in [-0.25, -0.2) is 18.4 Å². The van der Waals surface area contributed by atoms with Crippen molar-refractivity contribution < 1.29 is 23.5 Å². The van der Waals surface area contributed by atoms with Crippen molar-refractivity contribution in [2.24, 2.45) is 5.92 Å². The number of urea groups is 1. The molecule has 0 aromatic rings. The quantitative estimate of drug-likeness (QED) is 0.750. The van der Waals surface area contributed by atoms with Gasteiger partial charge in [-0.05, 0) is 5.92 Å². The molecule has 0 bridgehead atoms. The van der Waals surface area contributed by atoms with Crippen LogP contribution < -0.4 is 5.32 Å². The van der Waals surface area contributed by atoms with E-state index >= 15 is 0 Å². The van der Waals surface area contributed by atoms with E-state index in [0.29, 0.717) is 6.42 Å². The summed E-state index contributed by atoms with van der Waals surface area (Å²) in [4.78, 5) is 23.1. The smallest absolute Gasteiger partial charge is 0.326 e. The van der Waals surface area contributed by atoms with Crippen LogP contribution in [0.4, 0.5) is 13.6 Å². The van der Waals surface area contributed by atoms with Crippen LogP contribution in [0.5, 0.6) is 0 Å². The highest BCUT2D eigenvalue weighted by molar-refractivity contribution is 5.82. The first kappa shape index (κ1) is 15.6. The number of aliphatic carboxylic acids is 1. The number of hydrogen-bond donors (Lipinski definition) is 2. The molecule has 17 heavy (non-hydrogen) atoms. The van der Waals surface area contributed by atoms with Crippen LogP contribution in [0.1, 0.15) is 20.3 Å². The zero-order valence-corrected chi connectivity index (χ0v) is 10.1. The summed E-state index contributed by atoms with van der Waals surface area (Å²) < 4.78 is 24.1. The first-order valence-corrected chi connectivity index (χ1v) is 5.32. The lowest BCUT2D eigenvalue weighted by molar-refractivity contribution is -0.140. The van der Waals surface area contributed by atoms with E-state index in [2.05, 4.69) is 5.32 Å². The Bertz CT molecular complexity index is 274. The largest absolute Gasteiger partial charge is 0.480 e. The molecule has 0 aromatic heterocycles. The Balaban J connectivity index is 4.45. The fraction of sp³-hybridized carbons (Fsp3) is 0.800. The minimum atomic E-state index is -2.64. The molecular formula is C10H18F2N2O3. The van der Waals surface area contributed by atoms with Gasteiger partial charge in [-0.2, -0.15) is 0 Å². The molecule has 2 atom stereocenters. The molecule has 0 saturated carbocycles. The highest BCUT2D eigenvalue weighted by Crippen LogP contribution is 2.08. The molecule has 0 saturated heterocycles. The van der Waals surface area contributed by atoms with Gasteiger partial charge >= 0.3 is 12.0 Å². The number of halogens is 2. The van der Waals surface area contributed by atoms with Gasteiger partial charge in [0.1, 0.15) is 6.04 Å². The van der Waals surface area contributed by atoms with E-state index in [-0.39, 0.29) is 5.92 Å². The number of amides is 2. The maximum atomic E-state index is 12.0. The minimum absolute atomic E-state index is 0.267. The number of alkyl halides is 2. The van der Waals surface area contributed by atoms with Crippen LogP contribution in [0.2, 0.25) is 0 Å². The molecule has 0 spiro atoms. The zero-order chi connectivity index (χ0) is 13.6. The number of carbonyl (C=O) groups is 2. The third kappa shape index (κ3) is 5.46. The molecular weight excluding hydrogens is 234 g/mol. The lowest BCUT2D eigenvalue weighted by Crippen LogP contribution is -2.50. The molecule has 2 unspecified atom stereocenters. The van der Waals surface area contributed by atoms with E-state index in [1.165, 1.54) is 7.05 Å². The van der Waals surface area contributed by atoms with Crippen LogP contribution >= 0.6 is 0 Å². The molecule has 0 aliphatic heterocycles. The van der Waals surface area contributed by atoms with Gasteiger partial charge in [0.15, 0.2) is 0 Å². The molecule has 5 nitrogen and oxygen atoms in total. The summed E-state index contributed by atoms with van der Waals surface area (Å²) >= 11 is 0. The molecule has 100 valence electrons. The average molecular weight is 252 g/mol. The second-order valence-corrected chi connectivity index (χ2v) is 3.92. The third-order valence-corrected chi connectivity index (χ3v) is 2.52. The molecule has 0 aliphatic rings. The fourth-order valence-electron chi connectivity index (χ4n) is 1.22. The van der Waals surface area contributed by atoms with Gasteiger partial charge in [-0.15, -0.1) is 0 Å². The molecule has 2 amide bonds. The van der Waals surface area contributed by atoms with Gasteiger partial charge in [0, 0.05) is 7.05 Å². The lowest BCUT2D eigenvalue weighted by Gasteiger charge is -2.24. The molecule has 0 fully saturated rings. The predicted molar refractivity (Wildman–Crippen MR) is 58.0 cm³/mol. The Labute approximate surface area is 98.8 Å². The third-order valence-electron chi connectivity index (χ3n) is 2.52. The Morgan fingerprint density at radius 3 is 2.29 bits per heavy atom. The van der Waals surface area contributed by atoms with Gasteiger partial charge in [-0.1, -0.05) is 20.3 Å². The molecule has 0 radical (unpaired) electrons. The zero-order valence-electron chi connectivity index (χ0n) is 10.1. The highest BCUT2D eigenvalue weighted by atomic mass is 19.3. The van der Waals surface area contributed by atoms with Gasteiger partial charge < -0.3 is 15.3 Å². The van der Waals surface area contributed by atoms with Crippen LogP contribution in [0.3, 0.4) is 0 Å². The van der Waals surface area contributed by atoms with E-state index in [0.717, 1.165) is 4.90 Å². The van der Waals surface area contributed by atoms with Crippen molar-refractivity contribution in [3.05, 3.63) is 0 Å². The summed E-state index contributed by atoms with van der Waals surface area (Å²) in [6.45, 7) is 2.74.